The number of phenolic OH excluding ortho intramolecular Hbond substituents is 1. The fourth-order valence-electron chi connectivity index (χ4n) is 1.77. The van der Waals surface area contributed by atoms with Crippen molar-refractivity contribution in [1.29, 1.82) is 0 Å². The summed E-state index contributed by atoms with van der Waals surface area (Å²) in [6.07, 6.45) is 6.09. The van der Waals surface area contributed by atoms with Gasteiger partial charge in [0.25, 0.3) is 0 Å². The van der Waals surface area contributed by atoms with E-state index in [1.807, 2.05) is 0 Å². The molecule has 0 amide bonds. The third-order valence-electron chi connectivity index (χ3n) is 2.78. The maximum Gasteiger partial charge on any atom is 0.204 e. The summed E-state index contributed by atoms with van der Waals surface area (Å²) in [5.41, 5.74) is 0.733. The molecule has 0 aliphatic carbocycles. The number of tetrazole rings is 1. The fourth-order valence-corrected chi connectivity index (χ4v) is 1.77. The topological polar surface area (TPSA) is 120 Å². The van der Waals surface area contributed by atoms with Crippen LogP contribution in [0.25, 0.3) is 17.5 Å². The van der Waals surface area contributed by atoms with Gasteiger partial charge in [-0.3, -0.25) is 4.79 Å². The number of ketones is 1. The van der Waals surface area contributed by atoms with Crippen molar-refractivity contribution >= 4 is 11.9 Å². The lowest BCUT2D eigenvalue weighted by atomic mass is 10.0. The average molecular weight is 282 g/mol. The normalized spacial score (nSPS) is 11.0. The number of carbonyl (C=O) groups excluding carboxylic acids is 1. The number of aromatic amines is 2. The first-order valence-corrected chi connectivity index (χ1v) is 6.02. The number of imidazole rings is 1. The molecule has 0 aliphatic heterocycles. The number of phenols is 1. The van der Waals surface area contributed by atoms with Crippen molar-refractivity contribution in [3.05, 3.63) is 48.1 Å². The lowest BCUT2D eigenvalue weighted by Crippen LogP contribution is -1.96. The molecule has 0 unspecified atom stereocenters. The van der Waals surface area contributed by atoms with E-state index < -0.39 is 0 Å². The molecule has 0 aliphatic rings. The average Bonchev–Trinajstić information content (AvgIpc) is 3.18. The molecule has 3 aromatic rings. The number of aromatic nitrogens is 6. The molecule has 3 N–H and O–H groups in total. The van der Waals surface area contributed by atoms with Crippen molar-refractivity contribution in [2.45, 2.75) is 0 Å². The van der Waals surface area contributed by atoms with Crippen molar-refractivity contribution in [2.75, 3.05) is 0 Å². The number of hydrogen-bond donors (Lipinski definition) is 3. The van der Waals surface area contributed by atoms with Gasteiger partial charge in [0.05, 0.1) is 5.56 Å². The first-order chi connectivity index (χ1) is 10.2. The van der Waals surface area contributed by atoms with Gasteiger partial charge in [0.2, 0.25) is 5.82 Å². The summed E-state index contributed by atoms with van der Waals surface area (Å²) < 4.78 is 0. The largest absolute Gasteiger partial charge is 0.507 e. The van der Waals surface area contributed by atoms with Crippen LogP contribution in [-0.2, 0) is 0 Å². The number of carbonyl (C=O) groups is 1. The van der Waals surface area contributed by atoms with Crippen LogP contribution in [0.15, 0.2) is 36.7 Å². The third-order valence-corrected chi connectivity index (χ3v) is 2.78. The fraction of sp³-hybridized carbons (Fsp3) is 0. The van der Waals surface area contributed by atoms with Crippen LogP contribution in [0, 0.1) is 0 Å². The van der Waals surface area contributed by atoms with E-state index in [-0.39, 0.29) is 17.1 Å². The van der Waals surface area contributed by atoms with Gasteiger partial charge in [-0.15, -0.1) is 10.2 Å². The van der Waals surface area contributed by atoms with Crippen LogP contribution in [0.2, 0.25) is 0 Å². The highest BCUT2D eigenvalue weighted by Crippen LogP contribution is 2.24. The number of hydrogen-bond acceptors (Lipinski definition) is 6. The highest BCUT2D eigenvalue weighted by Gasteiger charge is 2.12. The molecular weight excluding hydrogens is 272 g/mol. The first-order valence-electron chi connectivity index (χ1n) is 6.02. The van der Waals surface area contributed by atoms with Crippen LogP contribution in [-0.4, -0.2) is 41.5 Å². The molecule has 0 atom stereocenters. The molecule has 0 spiro atoms. The Morgan fingerprint density at radius 1 is 1.33 bits per heavy atom. The van der Waals surface area contributed by atoms with Gasteiger partial charge in [0, 0.05) is 18.0 Å². The lowest BCUT2D eigenvalue weighted by molar-refractivity contribution is 0.104. The van der Waals surface area contributed by atoms with E-state index in [1.54, 1.807) is 18.5 Å². The first kappa shape index (κ1) is 12.7. The van der Waals surface area contributed by atoms with Gasteiger partial charge >= 0.3 is 0 Å². The molecule has 2 heterocycles. The van der Waals surface area contributed by atoms with Gasteiger partial charge in [-0.2, -0.15) is 5.21 Å². The highest BCUT2D eigenvalue weighted by molar-refractivity contribution is 6.09. The Hall–Kier alpha value is -3.29. The smallest absolute Gasteiger partial charge is 0.204 e. The van der Waals surface area contributed by atoms with Gasteiger partial charge in [-0.05, 0) is 35.6 Å². The number of nitrogens with zero attached hydrogens (tertiary/aromatic N) is 4. The van der Waals surface area contributed by atoms with E-state index in [9.17, 15) is 9.90 Å². The van der Waals surface area contributed by atoms with Crippen molar-refractivity contribution < 1.29 is 9.90 Å². The van der Waals surface area contributed by atoms with Gasteiger partial charge in [-0.1, -0.05) is 0 Å². The SMILES string of the molecule is O=C(/C=C/c1ncc[nH]1)c1cc(-c2nn[nH]n2)ccc1O. The van der Waals surface area contributed by atoms with Gasteiger partial charge < -0.3 is 10.1 Å². The van der Waals surface area contributed by atoms with Gasteiger partial charge in [0.1, 0.15) is 11.6 Å². The second-order valence-electron chi connectivity index (χ2n) is 4.14. The monoisotopic (exact) mass is 282 g/mol. The second kappa shape index (κ2) is 5.37. The van der Waals surface area contributed by atoms with E-state index in [4.69, 9.17) is 0 Å². The predicted molar refractivity (Wildman–Crippen MR) is 73.2 cm³/mol. The standard InChI is InChI=1S/C13H10N6O2/c20-10-2-1-8(13-16-18-19-17-13)7-9(10)11(21)3-4-12-14-5-6-15-12/h1-7,20H,(H,14,15)(H,16,17,18,19)/b4-3+. The molecule has 0 saturated heterocycles. The zero-order chi connectivity index (χ0) is 14.7. The molecule has 0 bridgehead atoms. The van der Waals surface area contributed by atoms with Crippen LogP contribution >= 0.6 is 0 Å². The summed E-state index contributed by atoms with van der Waals surface area (Å²) in [5.74, 6) is 0.432. The van der Waals surface area contributed by atoms with Gasteiger partial charge in [-0.25, -0.2) is 4.98 Å². The lowest BCUT2D eigenvalue weighted by Gasteiger charge is -2.02. The zero-order valence-electron chi connectivity index (χ0n) is 10.7. The Morgan fingerprint density at radius 2 is 2.24 bits per heavy atom. The van der Waals surface area contributed by atoms with E-state index in [2.05, 4.69) is 30.6 Å². The Balaban J connectivity index is 1.90. The Bertz CT molecular complexity index is 777. The van der Waals surface area contributed by atoms with E-state index >= 15 is 0 Å². The molecule has 0 fully saturated rings. The molecule has 0 radical (unpaired) electrons. The van der Waals surface area contributed by atoms with Crippen molar-refractivity contribution in [2.24, 2.45) is 0 Å². The zero-order valence-corrected chi connectivity index (χ0v) is 10.7. The summed E-state index contributed by atoms with van der Waals surface area (Å²) in [6, 6.07) is 4.53. The van der Waals surface area contributed by atoms with Crippen molar-refractivity contribution in [3.63, 3.8) is 0 Å². The van der Waals surface area contributed by atoms with Crippen LogP contribution < -0.4 is 0 Å². The van der Waals surface area contributed by atoms with E-state index in [0.717, 1.165) is 0 Å². The molecule has 0 saturated carbocycles. The van der Waals surface area contributed by atoms with E-state index in [0.29, 0.717) is 17.2 Å². The minimum atomic E-state index is -0.353. The van der Waals surface area contributed by atoms with Crippen LogP contribution in [0.4, 0.5) is 0 Å². The Morgan fingerprint density at radius 3 is 2.95 bits per heavy atom. The minimum Gasteiger partial charge on any atom is -0.507 e. The number of H-pyrrole nitrogens is 2. The third kappa shape index (κ3) is 2.68. The quantitative estimate of drug-likeness (QED) is 0.488. The summed E-state index contributed by atoms with van der Waals surface area (Å²) in [5, 5.41) is 23.3. The maximum absolute atomic E-state index is 12.1. The summed E-state index contributed by atoms with van der Waals surface area (Å²) in [6.45, 7) is 0. The number of nitrogens with one attached hydrogen (secondary N) is 2. The molecule has 8 heteroatoms. The van der Waals surface area contributed by atoms with Crippen LogP contribution in [0.5, 0.6) is 5.75 Å². The van der Waals surface area contributed by atoms with Crippen LogP contribution in [0.1, 0.15) is 16.2 Å². The minimum absolute atomic E-state index is 0.115. The number of aromatic hydroxyl groups is 1. The van der Waals surface area contributed by atoms with Crippen molar-refractivity contribution in [1.82, 2.24) is 30.6 Å². The van der Waals surface area contributed by atoms with Crippen LogP contribution in [0.3, 0.4) is 0 Å². The van der Waals surface area contributed by atoms with Gasteiger partial charge in [0.15, 0.2) is 5.78 Å². The van der Waals surface area contributed by atoms with E-state index in [1.165, 1.54) is 24.3 Å². The molecule has 8 nitrogen and oxygen atoms in total. The number of rotatable bonds is 4. The molecule has 1 aromatic carbocycles. The number of allylic oxidation sites excluding steroid dienone is 1. The predicted octanol–water partition coefficient (Wildman–Crippen LogP) is 1.19. The molecular formula is C13H10N6O2. The molecule has 21 heavy (non-hydrogen) atoms. The van der Waals surface area contributed by atoms with Crippen molar-refractivity contribution in [3.8, 4) is 17.1 Å². The maximum atomic E-state index is 12.1. The summed E-state index contributed by atoms with van der Waals surface area (Å²) in [4.78, 5) is 19.0. The number of benzene rings is 1. The Kier molecular flexibility index (Phi) is 3.26. The molecule has 2 aromatic heterocycles. The summed E-state index contributed by atoms with van der Waals surface area (Å²) in [7, 11) is 0. The summed E-state index contributed by atoms with van der Waals surface area (Å²) >= 11 is 0. The highest BCUT2D eigenvalue weighted by atomic mass is 16.3. The Labute approximate surface area is 118 Å². The molecule has 104 valence electrons. The molecule has 3 rings (SSSR count). The second-order valence-corrected chi connectivity index (χ2v) is 4.14.